The number of hydrogen-bond acceptors (Lipinski definition) is 2. The zero-order valence-electron chi connectivity index (χ0n) is 51.1. The first-order chi connectivity index (χ1) is 43.9. The Morgan fingerprint density at radius 1 is 0.222 bits per heavy atom. The quantitative estimate of drug-likeness (QED) is 0.166. The maximum Gasteiger partial charge on any atom is 0.238 e. The van der Waals surface area contributed by atoms with Crippen LogP contribution in [0.2, 0.25) is 0 Å². The predicted octanol–water partition coefficient (Wildman–Crippen LogP) is 21.7. The van der Waals surface area contributed by atoms with Crippen LogP contribution in [0.5, 0.6) is 0 Å². The van der Waals surface area contributed by atoms with E-state index < -0.39 is 0 Å². The van der Waals surface area contributed by atoms with Crippen LogP contribution < -0.4 is 0 Å². The minimum atomic E-state index is -0.0678. The van der Waals surface area contributed by atoms with Gasteiger partial charge in [0.05, 0.1) is 33.1 Å². The largest absolute Gasteiger partial charge is 0.294 e. The molecule has 0 saturated heterocycles. The van der Waals surface area contributed by atoms with Gasteiger partial charge in [-0.3, -0.25) is 13.7 Å². The Kier molecular flexibility index (Phi) is 10.3. The van der Waals surface area contributed by atoms with Crippen LogP contribution in [-0.2, 0) is 16.2 Å². The van der Waals surface area contributed by atoms with Gasteiger partial charge in [0, 0.05) is 54.6 Å². The first-order valence-corrected chi connectivity index (χ1v) is 31.6. The van der Waals surface area contributed by atoms with Crippen molar-refractivity contribution in [2.45, 2.75) is 57.8 Å². The van der Waals surface area contributed by atoms with Crippen molar-refractivity contribution < 1.29 is 0 Å². The fraction of sp³-hybridized carbons (Fsp3) is 0.106. The van der Waals surface area contributed by atoms with E-state index in [9.17, 15) is 0 Å². The topological polar surface area (TPSA) is 40.6 Å². The standard InChI is InChI=1S/C85H61N5/c1-83(2)68-25-13-7-19-56(68)62-43-50(31-37-71(62)83)53-34-40-77-65(46-53)59-22-10-16-28-74(59)88(77)80-49-81(89-75-29-17-11-23-60(75)66-47-54(35-41-78(66)89)51-32-38-72-63(44-51)57-20-8-14-26-69(57)84(72,3)4)87-82(86-80)90-76-30-18-12-24-61(76)67-48-55(36-42-79(67)90)52-33-39-73-64(45-52)58-21-9-15-27-70(58)85(73,5)6/h7-49H,1-6H3. The maximum atomic E-state index is 5.81. The zero-order valence-corrected chi connectivity index (χ0v) is 51.1. The van der Waals surface area contributed by atoms with Crippen molar-refractivity contribution in [3.63, 3.8) is 0 Å². The Morgan fingerprint density at radius 3 is 0.856 bits per heavy atom. The molecule has 0 amide bonds. The molecule has 16 aromatic rings. The molecule has 12 aromatic carbocycles. The number of rotatable bonds is 6. The molecule has 0 N–H and O–H groups in total. The third-order valence-corrected chi connectivity index (χ3v) is 21.1. The summed E-state index contributed by atoms with van der Waals surface area (Å²) in [6, 6.07) is 97.5. The first kappa shape index (κ1) is 51.2. The van der Waals surface area contributed by atoms with Crippen molar-refractivity contribution in [3.05, 3.63) is 294 Å². The molecule has 5 nitrogen and oxygen atoms in total. The molecule has 0 aliphatic heterocycles. The average Bonchev–Trinajstić information content (AvgIpc) is 1.63. The van der Waals surface area contributed by atoms with Crippen molar-refractivity contribution in [1.82, 2.24) is 23.7 Å². The molecule has 4 heterocycles. The van der Waals surface area contributed by atoms with Gasteiger partial charge in [0.25, 0.3) is 0 Å². The minimum absolute atomic E-state index is 0.0659. The molecule has 0 unspecified atom stereocenters. The van der Waals surface area contributed by atoms with Crippen LogP contribution in [-0.4, -0.2) is 23.7 Å². The molecule has 3 aliphatic rings. The number of benzene rings is 12. The summed E-state index contributed by atoms with van der Waals surface area (Å²) >= 11 is 0. The monoisotopic (exact) mass is 1150 g/mol. The third kappa shape index (κ3) is 6.97. The van der Waals surface area contributed by atoms with E-state index in [0.717, 1.165) is 77.1 Å². The van der Waals surface area contributed by atoms with Gasteiger partial charge in [0.1, 0.15) is 11.6 Å². The Bertz CT molecular complexity index is 5260. The second-order valence-corrected chi connectivity index (χ2v) is 26.9. The molecule has 0 saturated carbocycles. The SMILES string of the molecule is CC1(C)c2ccccc2-c2cc(-c3ccc4c(c3)c3ccccc3n4-c3cc(-n4c5ccccc5c5cc(-c6ccc7c(c6)-c6ccccc6C7(C)C)ccc54)nc(-n4c5ccccc5c5cc(-c6ccc7c(c6)-c6ccccc6C7(C)C)ccc54)n3)ccc21. The second kappa shape index (κ2) is 18.1. The number of nitrogens with zero attached hydrogens (tertiary/aromatic N) is 5. The van der Waals surface area contributed by atoms with Crippen molar-refractivity contribution in [2.75, 3.05) is 0 Å². The van der Waals surface area contributed by atoms with E-state index in [0.29, 0.717) is 5.95 Å². The lowest BCUT2D eigenvalue weighted by molar-refractivity contribution is 0.660. The lowest BCUT2D eigenvalue weighted by Crippen LogP contribution is -2.14. The lowest BCUT2D eigenvalue weighted by Gasteiger charge is -2.21. The summed E-state index contributed by atoms with van der Waals surface area (Å²) in [7, 11) is 0. The molecule has 0 atom stereocenters. The van der Waals surface area contributed by atoms with E-state index in [1.807, 2.05) is 0 Å². The highest BCUT2D eigenvalue weighted by Gasteiger charge is 2.38. The highest BCUT2D eigenvalue weighted by Crippen LogP contribution is 2.53. The summed E-state index contributed by atoms with van der Waals surface area (Å²) in [4.78, 5) is 11.6. The van der Waals surface area contributed by atoms with Crippen LogP contribution in [0.4, 0.5) is 0 Å². The normalized spacial score (nSPS) is 14.6. The third-order valence-electron chi connectivity index (χ3n) is 21.1. The molecule has 0 spiro atoms. The molecule has 426 valence electrons. The van der Waals surface area contributed by atoms with Crippen molar-refractivity contribution in [1.29, 1.82) is 0 Å². The van der Waals surface area contributed by atoms with E-state index in [-0.39, 0.29) is 16.2 Å². The Hall–Kier alpha value is -10.9. The molecule has 0 fully saturated rings. The lowest BCUT2D eigenvalue weighted by atomic mass is 9.82. The van der Waals surface area contributed by atoms with Crippen molar-refractivity contribution >= 4 is 65.4 Å². The van der Waals surface area contributed by atoms with Gasteiger partial charge in [-0.15, -0.1) is 0 Å². The maximum absolute atomic E-state index is 5.81. The minimum Gasteiger partial charge on any atom is -0.294 e. The van der Waals surface area contributed by atoms with E-state index >= 15 is 0 Å². The van der Waals surface area contributed by atoms with Gasteiger partial charge in [-0.1, -0.05) is 224 Å². The molecule has 4 aromatic heterocycles. The van der Waals surface area contributed by atoms with Gasteiger partial charge in [-0.2, -0.15) is 9.97 Å². The summed E-state index contributed by atoms with van der Waals surface area (Å²) in [6.07, 6.45) is 0. The van der Waals surface area contributed by atoms with Crippen LogP contribution in [0.3, 0.4) is 0 Å². The number of aromatic nitrogens is 5. The smallest absolute Gasteiger partial charge is 0.238 e. The van der Waals surface area contributed by atoms with Gasteiger partial charge in [0.15, 0.2) is 0 Å². The second-order valence-electron chi connectivity index (χ2n) is 26.9. The molecular weight excluding hydrogens is 1090 g/mol. The summed E-state index contributed by atoms with van der Waals surface area (Å²) in [5.74, 6) is 2.14. The molecule has 0 radical (unpaired) electrons. The van der Waals surface area contributed by atoms with Gasteiger partial charge < -0.3 is 0 Å². The van der Waals surface area contributed by atoms with E-state index in [1.165, 1.54) is 100 Å². The fourth-order valence-corrected chi connectivity index (χ4v) is 16.6. The zero-order chi connectivity index (χ0) is 60.1. The molecule has 0 bridgehead atoms. The predicted molar refractivity (Wildman–Crippen MR) is 374 cm³/mol. The van der Waals surface area contributed by atoms with E-state index in [1.54, 1.807) is 0 Å². The Labute approximate surface area is 522 Å². The van der Waals surface area contributed by atoms with Crippen molar-refractivity contribution in [2.24, 2.45) is 0 Å². The highest BCUT2D eigenvalue weighted by atomic mass is 15.2. The number of fused-ring (bicyclic) bond motifs is 18. The van der Waals surface area contributed by atoms with Crippen LogP contribution in [0.25, 0.3) is 150 Å². The molecule has 3 aliphatic carbocycles. The number of para-hydroxylation sites is 3. The van der Waals surface area contributed by atoms with Crippen molar-refractivity contribution in [3.8, 4) is 84.3 Å². The van der Waals surface area contributed by atoms with Gasteiger partial charge in [-0.05, 0) is 173 Å². The molecular formula is C85H61N5. The van der Waals surface area contributed by atoms with E-state index in [4.69, 9.17) is 9.97 Å². The Balaban J connectivity index is 0.823. The van der Waals surface area contributed by atoms with Gasteiger partial charge in [0.2, 0.25) is 5.95 Å². The molecule has 90 heavy (non-hydrogen) atoms. The molecule has 19 rings (SSSR count). The first-order valence-electron chi connectivity index (χ1n) is 31.6. The van der Waals surface area contributed by atoms with Gasteiger partial charge in [-0.25, -0.2) is 0 Å². The summed E-state index contributed by atoms with van der Waals surface area (Å²) in [6.45, 7) is 14.1. The van der Waals surface area contributed by atoms with Crippen LogP contribution in [0, 0.1) is 0 Å². The average molecular weight is 1150 g/mol. The highest BCUT2D eigenvalue weighted by molar-refractivity contribution is 6.13. The van der Waals surface area contributed by atoms with E-state index in [2.05, 4.69) is 316 Å². The number of hydrogen-bond donors (Lipinski definition) is 0. The van der Waals surface area contributed by atoms with Crippen LogP contribution >= 0.6 is 0 Å². The van der Waals surface area contributed by atoms with Crippen LogP contribution in [0.15, 0.2) is 261 Å². The Morgan fingerprint density at radius 2 is 0.489 bits per heavy atom. The fourth-order valence-electron chi connectivity index (χ4n) is 16.6. The summed E-state index contributed by atoms with van der Waals surface area (Å²) in [5.41, 5.74) is 29.5. The van der Waals surface area contributed by atoms with Gasteiger partial charge >= 0.3 is 0 Å². The molecule has 5 heteroatoms. The van der Waals surface area contributed by atoms with Crippen LogP contribution in [0.1, 0.15) is 74.9 Å². The summed E-state index contributed by atoms with van der Waals surface area (Å²) < 4.78 is 7.02. The summed E-state index contributed by atoms with van der Waals surface area (Å²) in [5, 5.41) is 6.94.